The van der Waals surface area contributed by atoms with E-state index in [2.05, 4.69) is 5.32 Å². The van der Waals surface area contributed by atoms with Crippen LogP contribution in [0.3, 0.4) is 0 Å². The molecule has 0 saturated carbocycles. The number of hydrogen-bond acceptors (Lipinski definition) is 4. The van der Waals surface area contributed by atoms with E-state index in [0.29, 0.717) is 5.56 Å². The number of hydrogen-bond donors (Lipinski definition) is 2. The summed E-state index contributed by atoms with van der Waals surface area (Å²) < 4.78 is 43.1. The molecular weight excluding hydrogens is 349 g/mol. The van der Waals surface area contributed by atoms with Crippen LogP contribution < -0.4 is 10.1 Å². The van der Waals surface area contributed by atoms with Crippen molar-refractivity contribution in [3.63, 3.8) is 0 Å². The van der Waals surface area contributed by atoms with Gasteiger partial charge < -0.3 is 15.2 Å². The highest BCUT2D eigenvalue weighted by Crippen LogP contribution is 2.31. The number of halogens is 3. The number of nitrogens with zero attached hydrogens (tertiary/aromatic N) is 1. The monoisotopic (exact) mass is 362 g/mol. The molecule has 2 rings (SSSR count). The van der Waals surface area contributed by atoms with Crippen molar-refractivity contribution in [1.82, 2.24) is 0 Å². The Morgan fingerprint density at radius 3 is 2.62 bits per heavy atom. The van der Waals surface area contributed by atoms with Crippen LogP contribution in [0, 0.1) is 11.3 Å². The van der Waals surface area contributed by atoms with Gasteiger partial charge in [0.1, 0.15) is 11.6 Å². The first-order valence-corrected chi connectivity index (χ1v) is 7.22. The van der Waals surface area contributed by atoms with Crippen molar-refractivity contribution >= 4 is 17.7 Å². The average Bonchev–Trinajstić information content (AvgIpc) is 2.60. The molecule has 0 saturated heterocycles. The Hall–Kier alpha value is -3.47. The van der Waals surface area contributed by atoms with Gasteiger partial charge in [-0.3, -0.25) is 4.79 Å². The molecule has 0 bridgehead atoms. The number of rotatable bonds is 4. The number of anilines is 1. The third kappa shape index (κ3) is 4.54. The van der Waals surface area contributed by atoms with Crippen LogP contribution in [0.4, 0.5) is 18.9 Å². The van der Waals surface area contributed by atoms with Crippen molar-refractivity contribution < 1.29 is 27.8 Å². The van der Waals surface area contributed by atoms with Crippen molar-refractivity contribution in [2.45, 2.75) is 6.18 Å². The molecule has 0 fully saturated rings. The van der Waals surface area contributed by atoms with E-state index in [0.717, 1.165) is 18.2 Å². The normalized spacial score (nSPS) is 11.6. The van der Waals surface area contributed by atoms with Gasteiger partial charge in [-0.25, -0.2) is 0 Å². The number of benzene rings is 2. The van der Waals surface area contributed by atoms with Gasteiger partial charge in [0.2, 0.25) is 0 Å². The van der Waals surface area contributed by atoms with E-state index in [9.17, 15) is 23.1 Å². The van der Waals surface area contributed by atoms with E-state index in [-0.39, 0.29) is 22.8 Å². The number of alkyl halides is 3. The molecule has 0 aromatic heterocycles. The second-order valence-corrected chi connectivity index (χ2v) is 5.13. The number of ether oxygens (including phenoxy) is 1. The standard InChI is InChI=1S/C18H13F3N2O3/c1-26-16-8-11(5-6-15(16)24)7-12(10-22)17(25)23-14-4-2-3-13(9-14)18(19,20)21/h2-9,24H,1H3,(H,23,25)/b12-7+. The highest BCUT2D eigenvalue weighted by Gasteiger charge is 2.30. The molecule has 0 aliphatic rings. The maximum Gasteiger partial charge on any atom is 0.416 e. The number of phenols is 1. The van der Waals surface area contributed by atoms with Crippen molar-refractivity contribution in [3.05, 3.63) is 59.2 Å². The summed E-state index contributed by atoms with van der Waals surface area (Å²) in [5.74, 6) is -0.829. The van der Waals surface area contributed by atoms with Gasteiger partial charge in [-0.15, -0.1) is 0 Å². The second kappa shape index (κ2) is 7.61. The Balaban J connectivity index is 2.26. The highest BCUT2D eigenvalue weighted by atomic mass is 19.4. The number of amides is 1. The SMILES string of the molecule is COc1cc(/C=C(\C#N)C(=O)Nc2cccc(C(F)(F)F)c2)ccc1O. The largest absolute Gasteiger partial charge is 0.504 e. The first kappa shape index (κ1) is 18.9. The lowest BCUT2D eigenvalue weighted by Gasteiger charge is -2.09. The average molecular weight is 362 g/mol. The predicted molar refractivity (Wildman–Crippen MR) is 88.3 cm³/mol. The first-order chi connectivity index (χ1) is 12.2. The molecular formula is C18H13F3N2O3. The Morgan fingerprint density at radius 1 is 1.27 bits per heavy atom. The van der Waals surface area contributed by atoms with Gasteiger partial charge in [0.05, 0.1) is 12.7 Å². The third-order valence-corrected chi connectivity index (χ3v) is 3.33. The predicted octanol–water partition coefficient (Wildman–Crippen LogP) is 3.97. The van der Waals surface area contributed by atoms with Crippen LogP contribution in [0.5, 0.6) is 11.5 Å². The molecule has 26 heavy (non-hydrogen) atoms. The molecule has 2 N–H and O–H groups in total. The summed E-state index contributed by atoms with van der Waals surface area (Å²) in [6.45, 7) is 0. The fourth-order valence-corrected chi connectivity index (χ4v) is 2.07. The number of carbonyl (C=O) groups is 1. The summed E-state index contributed by atoms with van der Waals surface area (Å²) in [6, 6.07) is 9.96. The number of carbonyl (C=O) groups excluding carboxylic acids is 1. The summed E-state index contributed by atoms with van der Waals surface area (Å²) in [6.07, 6.45) is -3.32. The fraction of sp³-hybridized carbons (Fsp3) is 0.111. The summed E-state index contributed by atoms with van der Waals surface area (Å²) in [4.78, 5) is 12.2. The molecule has 8 heteroatoms. The zero-order valence-corrected chi connectivity index (χ0v) is 13.5. The third-order valence-electron chi connectivity index (χ3n) is 3.33. The van der Waals surface area contributed by atoms with Gasteiger partial charge in [-0.1, -0.05) is 12.1 Å². The van der Waals surface area contributed by atoms with E-state index in [1.54, 1.807) is 6.07 Å². The van der Waals surface area contributed by atoms with E-state index >= 15 is 0 Å². The number of nitrogens with one attached hydrogen (secondary N) is 1. The maximum absolute atomic E-state index is 12.7. The van der Waals surface area contributed by atoms with Crippen molar-refractivity contribution in [1.29, 1.82) is 5.26 Å². The maximum atomic E-state index is 12.7. The number of nitriles is 1. The van der Waals surface area contributed by atoms with Crippen LogP contribution in [-0.4, -0.2) is 18.1 Å². The zero-order valence-electron chi connectivity index (χ0n) is 13.5. The Bertz CT molecular complexity index is 899. The summed E-state index contributed by atoms with van der Waals surface area (Å²) in [5, 5.41) is 21.0. The lowest BCUT2D eigenvalue weighted by molar-refractivity contribution is -0.137. The van der Waals surface area contributed by atoms with Gasteiger partial charge >= 0.3 is 6.18 Å². The van der Waals surface area contributed by atoms with Gasteiger partial charge in [0.15, 0.2) is 11.5 Å². The molecule has 0 atom stereocenters. The molecule has 0 spiro atoms. The Morgan fingerprint density at radius 2 is 2.00 bits per heavy atom. The van der Waals surface area contributed by atoms with E-state index < -0.39 is 17.6 Å². The quantitative estimate of drug-likeness (QED) is 0.637. The molecule has 0 aliphatic heterocycles. The van der Waals surface area contributed by atoms with E-state index in [1.165, 1.54) is 37.5 Å². The molecule has 2 aromatic carbocycles. The molecule has 134 valence electrons. The minimum absolute atomic E-state index is 0.0886. The number of methoxy groups -OCH3 is 1. The van der Waals surface area contributed by atoms with Crippen molar-refractivity contribution in [3.8, 4) is 17.6 Å². The van der Waals surface area contributed by atoms with Crippen molar-refractivity contribution in [2.75, 3.05) is 12.4 Å². The minimum Gasteiger partial charge on any atom is -0.504 e. The lowest BCUT2D eigenvalue weighted by atomic mass is 10.1. The van der Waals surface area contributed by atoms with Crippen LogP contribution in [0.15, 0.2) is 48.0 Å². The molecule has 1 amide bonds. The molecule has 0 unspecified atom stereocenters. The smallest absolute Gasteiger partial charge is 0.416 e. The Kier molecular flexibility index (Phi) is 5.52. The van der Waals surface area contributed by atoms with Crippen LogP contribution in [0.2, 0.25) is 0 Å². The fourth-order valence-electron chi connectivity index (χ4n) is 2.07. The van der Waals surface area contributed by atoms with Gasteiger partial charge in [-0.05, 0) is 42.0 Å². The molecule has 2 aromatic rings. The van der Waals surface area contributed by atoms with Crippen LogP contribution in [0.1, 0.15) is 11.1 Å². The van der Waals surface area contributed by atoms with E-state index in [1.807, 2.05) is 0 Å². The molecule has 5 nitrogen and oxygen atoms in total. The first-order valence-electron chi connectivity index (χ1n) is 7.22. The summed E-state index contributed by atoms with van der Waals surface area (Å²) in [7, 11) is 1.34. The highest BCUT2D eigenvalue weighted by molar-refractivity contribution is 6.09. The summed E-state index contributed by atoms with van der Waals surface area (Å²) >= 11 is 0. The van der Waals surface area contributed by atoms with Crippen LogP contribution >= 0.6 is 0 Å². The van der Waals surface area contributed by atoms with E-state index in [4.69, 9.17) is 10.00 Å². The van der Waals surface area contributed by atoms with Crippen LogP contribution in [0.25, 0.3) is 6.08 Å². The lowest BCUT2D eigenvalue weighted by Crippen LogP contribution is -2.14. The summed E-state index contributed by atoms with van der Waals surface area (Å²) in [5.41, 5.74) is -0.930. The van der Waals surface area contributed by atoms with Gasteiger partial charge in [0, 0.05) is 5.69 Å². The Labute approximate surface area is 146 Å². The number of aromatic hydroxyl groups is 1. The van der Waals surface area contributed by atoms with Gasteiger partial charge in [0.25, 0.3) is 5.91 Å². The zero-order chi connectivity index (χ0) is 19.3. The topological polar surface area (TPSA) is 82.3 Å². The van der Waals surface area contributed by atoms with Crippen molar-refractivity contribution in [2.24, 2.45) is 0 Å². The minimum atomic E-state index is -4.54. The number of phenolic OH excluding ortho intramolecular Hbond substituents is 1. The van der Waals surface area contributed by atoms with Crippen LogP contribution in [-0.2, 0) is 11.0 Å². The molecule has 0 radical (unpaired) electrons. The second-order valence-electron chi connectivity index (χ2n) is 5.13. The van der Waals surface area contributed by atoms with Gasteiger partial charge in [-0.2, -0.15) is 18.4 Å². The molecule has 0 aliphatic carbocycles. The molecule has 0 heterocycles.